The van der Waals surface area contributed by atoms with Crippen molar-refractivity contribution in [1.29, 1.82) is 0 Å². The van der Waals surface area contributed by atoms with Crippen LogP contribution >= 0.6 is 0 Å². The molecule has 0 saturated carbocycles. The number of esters is 1. The maximum atomic E-state index is 13.1. The Morgan fingerprint density at radius 2 is 1.81 bits per heavy atom. The number of hydrogen-bond donors (Lipinski definition) is 1. The highest BCUT2D eigenvalue weighted by molar-refractivity contribution is 6.12. The van der Waals surface area contributed by atoms with Crippen molar-refractivity contribution in [2.45, 2.75) is 19.0 Å². The molecule has 2 fully saturated rings. The van der Waals surface area contributed by atoms with E-state index in [9.17, 15) is 19.2 Å². The second kappa shape index (κ2) is 5.91. The van der Waals surface area contributed by atoms with Crippen molar-refractivity contribution in [3.63, 3.8) is 0 Å². The number of hydrazone groups is 1. The molecule has 2 amide bonds. The number of fused-ring (bicyclic) bond motifs is 3. The quantitative estimate of drug-likeness (QED) is 0.362. The van der Waals surface area contributed by atoms with Gasteiger partial charge in [-0.05, 0) is 30.3 Å². The van der Waals surface area contributed by atoms with Gasteiger partial charge < -0.3 is 4.74 Å². The van der Waals surface area contributed by atoms with Crippen molar-refractivity contribution in [3.05, 3.63) is 42.0 Å². The van der Waals surface area contributed by atoms with Crippen molar-refractivity contribution < 1.29 is 23.9 Å². The monoisotopic (exact) mass is 353 g/mol. The molecule has 3 aliphatic rings. The molecular formula is C18H15N3O5. The molecule has 8 nitrogen and oxygen atoms in total. The van der Waals surface area contributed by atoms with E-state index in [2.05, 4.69) is 10.4 Å². The standard InChI is InChI=1S/C18H15N3O5/c1-9(22)26-11-6-4-10(5-7-11)16(23)15-14-13(17(24)20-18(14)25)12-3-2-8-19-21(12)15/h2-8,12-15H,1H3,(H,20,24,25)/t12-,13-,14-,15+/m1/s1. The first-order valence-electron chi connectivity index (χ1n) is 8.14. The number of ether oxygens (including phenoxy) is 1. The van der Waals surface area contributed by atoms with Crippen LogP contribution in [0.25, 0.3) is 0 Å². The van der Waals surface area contributed by atoms with Crippen LogP contribution in [0.1, 0.15) is 17.3 Å². The third-order valence-corrected chi connectivity index (χ3v) is 4.80. The maximum Gasteiger partial charge on any atom is 0.308 e. The highest BCUT2D eigenvalue weighted by Crippen LogP contribution is 2.42. The molecule has 4 rings (SSSR count). The SMILES string of the molecule is CC(=O)Oc1ccc(C(=O)[C@@H]2[C@@H]3C(=O)NC(=O)[C@@H]3[C@H]3C=CC=NN32)cc1. The minimum atomic E-state index is -0.864. The van der Waals surface area contributed by atoms with E-state index < -0.39 is 35.8 Å². The first-order chi connectivity index (χ1) is 12.5. The van der Waals surface area contributed by atoms with E-state index >= 15 is 0 Å². The smallest absolute Gasteiger partial charge is 0.308 e. The number of nitrogens with zero attached hydrogens (tertiary/aromatic N) is 2. The number of benzene rings is 1. The summed E-state index contributed by atoms with van der Waals surface area (Å²) >= 11 is 0. The molecule has 4 atom stereocenters. The molecule has 0 spiro atoms. The zero-order valence-electron chi connectivity index (χ0n) is 13.8. The van der Waals surface area contributed by atoms with Gasteiger partial charge in [-0.2, -0.15) is 5.10 Å². The van der Waals surface area contributed by atoms with E-state index in [4.69, 9.17) is 4.74 Å². The summed E-state index contributed by atoms with van der Waals surface area (Å²) in [6.07, 6.45) is 5.01. The third-order valence-electron chi connectivity index (χ3n) is 4.80. The average Bonchev–Trinajstić information content (AvgIpc) is 3.10. The van der Waals surface area contributed by atoms with Gasteiger partial charge >= 0.3 is 5.97 Å². The van der Waals surface area contributed by atoms with Gasteiger partial charge in [0, 0.05) is 18.7 Å². The van der Waals surface area contributed by atoms with Crippen LogP contribution in [-0.2, 0) is 14.4 Å². The number of carbonyl (C=O) groups is 4. The minimum absolute atomic E-state index is 0.311. The van der Waals surface area contributed by atoms with Crippen LogP contribution in [0.3, 0.4) is 0 Å². The fourth-order valence-corrected chi connectivity index (χ4v) is 3.78. The Bertz CT molecular complexity index is 873. The van der Waals surface area contributed by atoms with Crippen LogP contribution in [0, 0.1) is 11.8 Å². The summed E-state index contributed by atoms with van der Waals surface area (Å²) in [5, 5.41) is 8.08. The second-order valence-electron chi connectivity index (χ2n) is 6.35. The van der Waals surface area contributed by atoms with Crippen molar-refractivity contribution in [3.8, 4) is 5.75 Å². The number of rotatable bonds is 3. The molecule has 1 aromatic carbocycles. The van der Waals surface area contributed by atoms with Gasteiger partial charge in [0.1, 0.15) is 11.8 Å². The molecule has 26 heavy (non-hydrogen) atoms. The Morgan fingerprint density at radius 1 is 1.12 bits per heavy atom. The van der Waals surface area contributed by atoms with Crippen molar-refractivity contribution >= 4 is 29.8 Å². The van der Waals surface area contributed by atoms with E-state index in [0.29, 0.717) is 11.3 Å². The largest absolute Gasteiger partial charge is 0.427 e. The predicted molar refractivity (Wildman–Crippen MR) is 89.3 cm³/mol. The number of carbonyl (C=O) groups excluding carboxylic acids is 4. The lowest BCUT2D eigenvalue weighted by Gasteiger charge is -2.28. The third kappa shape index (κ3) is 2.42. The van der Waals surface area contributed by atoms with E-state index in [1.165, 1.54) is 42.4 Å². The Morgan fingerprint density at radius 3 is 2.50 bits per heavy atom. The maximum absolute atomic E-state index is 13.1. The molecule has 2 saturated heterocycles. The summed E-state index contributed by atoms with van der Waals surface area (Å²) < 4.78 is 4.96. The van der Waals surface area contributed by atoms with Crippen LogP contribution in [0.15, 0.2) is 41.5 Å². The molecule has 0 aromatic heterocycles. The minimum Gasteiger partial charge on any atom is -0.427 e. The second-order valence-corrected chi connectivity index (χ2v) is 6.35. The van der Waals surface area contributed by atoms with Gasteiger partial charge in [-0.15, -0.1) is 0 Å². The van der Waals surface area contributed by atoms with Crippen molar-refractivity contribution in [1.82, 2.24) is 10.3 Å². The van der Waals surface area contributed by atoms with Gasteiger partial charge in [0.2, 0.25) is 11.8 Å². The Kier molecular flexibility index (Phi) is 3.68. The van der Waals surface area contributed by atoms with E-state index in [0.717, 1.165) is 0 Å². The molecule has 3 aliphatic heterocycles. The first kappa shape index (κ1) is 16.2. The van der Waals surface area contributed by atoms with Gasteiger partial charge in [-0.3, -0.25) is 29.5 Å². The molecule has 1 aromatic rings. The number of imide groups is 1. The Labute approximate surface area is 148 Å². The van der Waals surface area contributed by atoms with E-state index in [1.807, 2.05) is 0 Å². The van der Waals surface area contributed by atoms with Crippen molar-refractivity contribution in [2.75, 3.05) is 0 Å². The number of allylic oxidation sites excluding steroid dienone is 1. The molecule has 0 bridgehead atoms. The van der Waals surface area contributed by atoms with Gasteiger partial charge in [0.05, 0.1) is 17.9 Å². The summed E-state index contributed by atoms with van der Waals surface area (Å²) in [6, 6.07) is 4.79. The molecular weight excluding hydrogens is 338 g/mol. The lowest BCUT2D eigenvalue weighted by atomic mass is 9.86. The molecule has 0 aliphatic carbocycles. The number of hydrogen-bond acceptors (Lipinski definition) is 7. The summed E-state index contributed by atoms with van der Waals surface area (Å²) in [4.78, 5) is 48.5. The molecule has 132 valence electrons. The zero-order chi connectivity index (χ0) is 18.4. The summed E-state index contributed by atoms with van der Waals surface area (Å²) in [5.41, 5.74) is 0.349. The van der Waals surface area contributed by atoms with Crippen molar-refractivity contribution in [2.24, 2.45) is 16.9 Å². The predicted octanol–water partition coefficient (Wildman–Crippen LogP) is 0.292. The Balaban J connectivity index is 1.67. The highest BCUT2D eigenvalue weighted by Gasteiger charge is 2.61. The van der Waals surface area contributed by atoms with Crippen LogP contribution < -0.4 is 10.1 Å². The normalized spacial score (nSPS) is 28.6. The summed E-state index contributed by atoms with van der Waals surface area (Å²) in [6.45, 7) is 1.29. The van der Waals surface area contributed by atoms with E-state index in [1.54, 1.807) is 12.2 Å². The molecule has 0 unspecified atom stereocenters. The van der Waals surface area contributed by atoms with Crippen LogP contribution in [0.2, 0.25) is 0 Å². The molecule has 3 heterocycles. The highest BCUT2D eigenvalue weighted by atomic mass is 16.5. The van der Waals surface area contributed by atoms with Crippen LogP contribution in [-0.4, -0.2) is 46.9 Å². The number of Topliss-reactive ketones (excluding diaryl/α,β-unsaturated/α-hetero) is 1. The number of amides is 2. The topological polar surface area (TPSA) is 105 Å². The number of nitrogens with one attached hydrogen (secondary N) is 1. The van der Waals surface area contributed by atoms with Gasteiger partial charge in [-0.1, -0.05) is 6.08 Å². The lowest BCUT2D eigenvalue weighted by Crippen LogP contribution is -2.44. The zero-order valence-corrected chi connectivity index (χ0v) is 13.8. The van der Waals surface area contributed by atoms with Gasteiger partial charge in [-0.25, -0.2) is 0 Å². The molecule has 8 heteroatoms. The van der Waals surface area contributed by atoms with Gasteiger partial charge in [0.15, 0.2) is 5.78 Å². The summed E-state index contributed by atoms with van der Waals surface area (Å²) in [7, 11) is 0. The van der Waals surface area contributed by atoms with Crippen LogP contribution in [0.5, 0.6) is 5.75 Å². The van der Waals surface area contributed by atoms with Gasteiger partial charge in [0.25, 0.3) is 0 Å². The fraction of sp³-hybridized carbons (Fsp3) is 0.278. The summed E-state index contributed by atoms with van der Waals surface area (Å²) in [5.74, 6) is -2.69. The molecule has 1 N–H and O–H groups in total. The van der Waals surface area contributed by atoms with Crippen LogP contribution in [0.4, 0.5) is 0 Å². The lowest BCUT2D eigenvalue weighted by molar-refractivity contribution is -0.132. The first-order valence-corrected chi connectivity index (χ1v) is 8.14. The van der Waals surface area contributed by atoms with E-state index in [-0.39, 0.29) is 11.7 Å². The Hall–Kier alpha value is -3.29. The molecule has 0 radical (unpaired) electrons. The fourth-order valence-electron chi connectivity index (χ4n) is 3.78. The number of ketones is 1. The average molecular weight is 353 g/mol.